The van der Waals surface area contributed by atoms with Crippen molar-refractivity contribution in [2.45, 2.75) is 26.3 Å². The average molecular weight is 381 g/mol. The molecular weight excluding hydrogens is 354 g/mol. The number of aliphatic carboxylic acids is 1. The van der Waals surface area contributed by atoms with Crippen LogP contribution in [-0.4, -0.2) is 65.1 Å². The van der Waals surface area contributed by atoms with Gasteiger partial charge in [0.25, 0.3) is 5.97 Å². The van der Waals surface area contributed by atoms with Crippen LogP contribution in [0.15, 0.2) is 30.3 Å². The van der Waals surface area contributed by atoms with E-state index in [-0.39, 0.29) is 17.2 Å². The average Bonchev–Trinajstić information content (AvgIpc) is 2.61. The SMILES string of the molecule is CC(=O)O.CC(=O)SCC(Cc1ccccc1)NC(=O)N1CCNCC1. The van der Waals surface area contributed by atoms with Crippen LogP contribution in [0.25, 0.3) is 0 Å². The van der Waals surface area contributed by atoms with Crippen molar-refractivity contribution < 1.29 is 19.5 Å². The van der Waals surface area contributed by atoms with Gasteiger partial charge in [0.15, 0.2) is 5.12 Å². The number of carbonyl (C=O) groups is 3. The lowest BCUT2D eigenvalue weighted by Gasteiger charge is -2.29. The van der Waals surface area contributed by atoms with Gasteiger partial charge in [-0.2, -0.15) is 0 Å². The fourth-order valence-electron chi connectivity index (χ4n) is 2.40. The summed E-state index contributed by atoms with van der Waals surface area (Å²) in [6.07, 6.45) is 0.735. The van der Waals surface area contributed by atoms with E-state index in [1.807, 2.05) is 35.2 Å². The van der Waals surface area contributed by atoms with E-state index in [0.29, 0.717) is 5.75 Å². The maximum atomic E-state index is 12.3. The number of urea groups is 1. The van der Waals surface area contributed by atoms with Crippen LogP contribution in [0.3, 0.4) is 0 Å². The second-order valence-corrected chi connectivity index (χ2v) is 7.09. The lowest BCUT2D eigenvalue weighted by molar-refractivity contribution is -0.134. The zero-order chi connectivity index (χ0) is 19.4. The molecule has 2 rings (SSSR count). The Morgan fingerprint density at radius 2 is 1.77 bits per heavy atom. The fourth-order valence-corrected chi connectivity index (χ4v) is 3.04. The first-order valence-electron chi connectivity index (χ1n) is 8.51. The molecule has 1 fully saturated rings. The van der Waals surface area contributed by atoms with Crippen LogP contribution in [0.4, 0.5) is 4.79 Å². The van der Waals surface area contributed by atoms with Crippen molar-refractivity contribution in [3.8, 4) is 0 Å². The minimum Gasteiger partial charge on any atom is -0.481 e. The summed E-state index contributed by atoms with van der Waals surface area (Å²) in [5, 5.41) is 13.8. The van der Waals surface area contributed by atoms with Gasteiger partial charge >= 0.3 is 6.03 Å². The summed E-state index contributed by atoms with van der Waals surface area (Å²) in [5.41, 5.74) is 1.16. The van der Waals surface area contributed by atoms with Gasteiger partial charge in [-0.05, 0) is 12.0 Å². The molecular formula is C18H27N3O4S. The summed E-state index contributed by atoms with van der Waals surface area (Å²) in [7, 11) is 0. The summed E-state index contributed by atoms with van der Waals surface area (Å²) >= 11 is 1.26. The van der Waals surface area contributed by atoms with Gasteiger partial charge in [-0.25, -0.2) is 4.79 Å². The van der Waals surface area contributed by atoms with E-state index in [2.05, 4.69) is 10.6 Å². The van der Waals surface area contributed by atoms with Gasteiger partial charge in [0.2, 0.25) is 0 Å². The summed E-state index contributed by atoms with van der Waals surface area (Å²) < 4.78 is 0. The number of nitrogens with one attached hydrogen (secondary N) is 2. The number of carboxylic acids is 1. The molecule has 1 atom stereocenters. The highest BCUT2D eigenvalue weighted by molar-refractivity contribution is 8.13. The van der Waals surface area contributed by atoms with Crippen molar-refractivity contribution in [1.82, 2.24) is 15.5 Å². The van der Waals surface area contributed by atoms with Gasteiger partial charge in [0.1, 0.15) is 0 Å². The predicted molar refractivity (Wildman–Crippen MR) is 103 cm³/mol. The standard InChI is InChI=1S/C16H23N3O2S.C2H4O2/c1-13(20)22-12-15(11-14-5-3-2-4-6-14)18-16(21)19-9-7-17-8-10-19;1-2(3)4/h2-6,15,17H,7-12H2,1H3,(H,18,21);1H3,(H,3,4). The molecule has 0 radical (unpaired) electrons. The van der Waals surface area contributed by atoms with Gasteiger partial charge in [-0.1, -0.05) is 42.1 Å². The van der Waals surface area contributed by atoms with Gasteiger partial charge in [0.05, 0.1) is 0 Å². The highest BCUT2D eigenvalue weighted by Crippen LogP contribution is 2.10. The summed E-state index contributed by atoms with van der Waals surface area (Å²) in [6, 6.07) is 9.96. The van der Waals surface area contributed by atoms with Crippen LogP contribution in [0.2, 0.25) is 0 Å². The van der Waals surface area contributed by atoms with Crippen molar-refractivity contribution >= 4 is 28.9 Å². The van der Waals surface area contributed by atoms with E-state index in [1.54, 1.807) is 6.92 Å². The highest BCUT2D eigenvalue weighted by Gasteiger charge is 2.20. The van der Waals surface area contributed by atoms with Crippen molar-refractivity contribution in [3.63, 3.8) is 0 Å². The Morgan fingerprint density at radius 1 is 1.19 bits per heavy atom. The van der Waals surface area contributed by atoms with Crippen LogP contribution in [0.1, 0.15) is 19.4 Å². The van der Waals surface area contributed by atoms with Gasteiger partial charge < -0.3 is 20.6 Å². The summed E-state index contributed by atoms with van der Waals surface area (Å²) in [6.45, 7) is 5.76. The molecule has 1 unspecified atom stereocenters. The van der Waals surface area contributed by atoms with E-state index in [9.17, 15) is 9.59 Å². The second-order valence-electron chi connectivity index (χ2n) is 5.89. The zero-order valence-electron chi connectivity index (χ0n) is 15.2. The third kappa shape index (κ3) is 10.0. The zero-order valence-corrected chi connectivity index (χ0v) is 16.1. The van der Waals surface area contributed by atoms with Crippen LogP contribution < -0.4 is 10.6 Å². The molecule has 8 heteroatoms. The molecule has 1 aromatic carbocycles. The maximum Gasteiger partial charge on any atom is 0.317 e. The number of piperazine rings is 1. The Bertz CT molecular complexity index is 573. The first-order chi connectivity index (χ1) is 12.4. The Kier molecular flexibility index (Phi) is 10.4. The van der Waals surface area contributed by atoms with E-state index >= 15 is 0 Å². The molecule has 0 aromatic heterocycles. The highest BCUT2D eigenvalue weighted by atomic mass is 32.2. The number of carbonyl (C=O) groups excluding carboxylic acids is 2. The first kappa shape index (κ1) is 22.0. The molecule has 0 bridgehead atoms. The minimum absolute atomic E-state index is 0.0356. The normalized spacial score (nSPS) is 14.6. The monoisotopic (exact) mass is 381 g/mol. The minimum atomic E-state index is -0.833. The molecule has 0 saturated carbocycles. The fraction of sp³-hybridized carbons (Fsp3) is 0.500. The molecule has 144 valence electrons. The van der Waals surface area contributed by atoms with E-state index in [4.69, 9.17) is 9.90 Å². The second kappa shape index (κ2) is 12.3. The Balaban J connectivity index is 0.000000765. The first-order valence-corrected chi connectivity index (χ1v) is 9.50. The largest absolute Gasteiger partial charge is 0.481 e. The molecule has 2 amide bonds. The van der Waals surface area contributed by atoms with Gasteiger partial charge in [-0.15, -0.1) is 0 Å². The molecule has 0 spiro atoms. The molecule has 1 aromatic rings. The number of benzene rings is 1. The number of thioether (sulfide) groups is 1. The molecule has 7 nitrogen and oxygen atoms in total. The molecule has 1 heterocycles. The summed E-state index contributed by atoms with van der Waals surface area (Å²) in [4.78, 5) is 34.4. The quantitative estimate of drug-likeness (QED) is 0.716. The van der Waals surface area contributed by atoms with Crippen LogP contribution >= 0.6 is 11.8 Å². The smallest absolute Gasteiger partial charge is 0.317 e. The molecule has 26 heavy (non-hydrogen) atoms. The van der Waals surface area contributed by atoms with Gasteiger partial charge in [-0.3, -0.25) is 9.59 Å². The van der Waals surface area contributed by atoms with Crippen molar-refractivity contribution in [1.29, 1.82) is 0 Å². The number of hydrogen-bond acceptors (Lipinski definition) is 5. The van der Waals surface area contributed by atoms with E-state index in [1.165, 1.54) is 11.8 Å². The van der Waals surface area contributed by atoms with Crippen LogP contribution in [0, 0.1) is 0 Å². The molecule has 1 saturated heterocycles. The van der Waals surface area contributed by atoms with E-state index in [0.717, 1.165) is 45.1 Å². The number of carboxylic acid groups (broad SMARTS) is 1. The van der Waals surface area contributed by atoms with Crippen LogP contribution in [0.5, 0.6) is 0 Å². The Labute approximate surface area is 158 Å². The van der Waals surface area contributed by atoms with Crippen molar-refractivity contribution in [2.75, 3.05) is 31.9 Å². The molecule has 0 aliphatic carbocycles. The Hall–Kier alpha value is -2.06. The number of nitrogens with zero attached hydrogens (tertiary/aromatic N) is 1. The molecule has 1 aliphatic rings. The predicted octanol–water partition coefficient (Wildman–Crippen LogP) is 1.58. The third-order valence-corrected chi connectivity index (χ3v) is 4.52. The van der Waals surface area contributed by atoms with Gasteiger partial charge in [0, 0.05) is 51.8 Å². The summed E-state index contributed by atoms with van der Waals surface area (Å²) in [5.74, 6) is -0.234. The number of hydrogen-bond donors (Lipinski definition) is 3. The van der Waals surface area contributed by atoms with E-state index < -0.39 is 5.97 Å². The molecule has 3 N–H and O–H groups in total. The lowest BCUT2D eigenvalue weighted by Crippen LogP contribution is -2.53. The van der Waals surface area contributed by atoms with Crippen molar-refractivity contribution in [3.05, 3.63) is 35.9 Å². The van der Waals surface area contributed by atoms with Crippen molar-refractivity contribution in [2.24, 2.45) is 0 Å². The number of rotatable bonds is 5. The van der Waals surface area contributed by atoms with Crippen LogP contribution in [-0.2, 0) is 16.0 Å². The third-order valence-electron chi connectivity index (χ3n) is 3.54. The number of amides is 2. The maximum absolute atomic E-state index is 12.3. The topological polar surface area (TPSA) is 98.7 Å². The molecule has 1 aliphatic heterocycles. The lowest BCUT2D eigenvalue weighted by atomic mass is 10.1. The Morgan fingerprint density at radius 3 is 2.31 bits per heavy atom.